The molecule has 0 atom stereocenters. The molecule has 10 heteroatoms. The molecule has 0 spiro atoms. The van der Waals surface area contributed by atoms with Gasteiger partial charge in [0.2, 0.25) is 10.0 Å². The number of thioether (sulfide) groups is 1. The molecule has 8 nitrogen and oxygen atoms in total. The van der Waals surface area contributed by atoms with E-state index in [1.54, 1.807) is 49.5 Å². The molecule has 0 aliphatic rings. The summed E-state index contributed by atoms with van der Waals surface area (Å²) in [4.78, 5) is 17.1. The Morgan fingerprint density at radius 3 is 2.47 bits per heavy atom. The number of nitrogens with one attached hydrogen (secondary N) is 2. The molecular formula is C20H22N4O4S2. The van der Waals surface area contributed by atoms with Crippen LogP contribution in [0.2, 0.25) is 0 Å². The van der Waals surface area contributed by atoms with Crippen molar-refractivity contribution in [2.24, 2.45) is 0 Å². The van der Waals surface area contributed by atoms with Gasteiger partial charge in [-0.25, -0.2) is 13.4 Å². The number of hydrogen-bond donors (Lipinski definition) is 2. The molecule has 0 fully saturated rings. The minimum Gasteiger partial charge on any atom is -0.361 e. The first-order chi connectivity index (χ1) is 14.3. The van der Waals surface area contributed by atoms with Crippen LogP contribution < -0.4 is 10.0 Å². The van der Waals surface area contributed by atoms with Gasteiger partial charge in [0.1, 0.15) is 10.8 Å². The van der Waals surface area contributed by atoms with Crippen molar-refractivity contribution in [1.29, 1.82) is 0 Å². The molecule has 0 aliphatic heterocycles. The number of benzene rings is 1. The number of nitrogens with zero attached hydrogens (tertiary/aromatic N) is 2. The second-order valence-electron chi connectivity index (χ2n) is 6.48. The second kappa shape index (κ2) is 9.31. The highest BCUT2D eigenvalue weighted by molar-refractivity contribution is 7.98. The lowest BCUT2D eigenvalue weighted by Gasteiger charge is -2.10. The highest BCUT2D eigenvalue weighted by Gasteiger charge is 2.16. The molecule has 158 valence electrons. The Bertz CT molecular complexity index is 1120. The van der Waals surface area contributed by atoms with Crippen LogP contribution in [0.15, 0.2) is 52.1 Å². The Morgan fingerprint density at radius 1 is 1.13 bits per heavy atom. The lowest BCUT2D eigenvalue weighted by molar-refractivity contribution is 0.102. The quantitative estimate of drug-likeness (QED) is 0.503. The van der Waals surface area contributed by atoms with Crippen molar-refractivity contribution in [3.63, 3.8) is 0 Å². The number of amides is 1. The Hall–Kier alpha value is -2.85. The van der Waals surface area contributed by atoms with E-state index in [4.69, 9.17) is 4.52 Å². The van der Waals surface area contributed by atoms with Crippen molar-refractivity contribution in [2.45, 2.75) is 31.6 Å². The Balaban J connectivity index is 1.70. The van der Waals surface area contributed by atoms with Crippen molar-refractivity contribution in [3.05, 3.63) is 65.2 Å². The van der Waals surface area contributed by atoms with Crippen LogP contribution in [-0.4, -0.2) is 30.2 Å². The summed E-state index contributed by atoms with van der Waals surface area (Å²) in [6.07, 6.45) is 1.64. The normalized spacial score (nSPS) is 11.3. The largest absolute Gasteiger partial charge is 0.361 e. The Morgan fingerprint density at radius 2 is 1.83 bits per heavy atom. The fourth-order valence-corrected chi connectivity index (χ4v) is 4.38. The third-order valence-electron chi connectivity index (χ3n) is 4.35. The van der Waals surface area contributed by atoms with Crippen LogP contribution >= 0.6 is 11.8 Å². The molecule has 30 heavy (non-hydrogen) atoms. The van der Waals surface area contributed by atoms with E-state index in [1.807, 2.05) is 13.8 Å². The predicted octanol–water partition coefficient (Wildman–Crippen LogP) is 3.99. The minimum absolute atomic E-state index is 0.0130. The van der Waals surface area contributed by atoms with Gasteiger partial charge >= 0.3 is 0 Å². The van der Waals surface area contributed by atoms with Crippen molar-refractivity contribution in [3.8, 4) is 0 Å². The topological polar surface area (TPSA) is 114 Å². The highest BCUT2D eigenvalue weighted by atomic mass is 32.2. The van der Waals surface area contributed by atoms with Crippen molar-refractivity contribution < 1.29 is 17.7 Å². The first-order valence-electron chi connectivity index (χ1n) is 9.20. The van der Waals surface area contributed by atoms with Crippen LogP contribution in [0.25, 0.3) is 0 Å². The maximum Gasteiger partial charge on any atom is 0.258 e. The maximum atomic E-state index is 12.8. The fraction of sp³-hybridized carbons (Fsp3) is 0.250. The average molecular weight is 447 g/mol. The summed E-state index contributed by atoms with van der Waals surface area (Å²) in [5.74, 6) is 1.03. The molecule has 0 radical (unpaired) electrons. The fourth-order valence-electron chi connectivity index (χ4n) is 2.60. The van der Waals surface area contributed by atoms with Crippen molar-refractivity contribution in [2.75, 3.05) is 15.8 Å². The van der Waals surface area contributed by atoms with E-state index in [2.05, 4.69) is 20.2 Å². The van der Waals surface area contributed by atoms with Gasteiger partial charge in [0.05, 0.1) is 17.0 Å². The highest BCUT2D eigenvalue weighted by Crippen LogP contribution is 2.27. The lowest BCUT2D eigenvalue weighted by atomic mass is 10.2. The number of aryl methyl sites for hydroxylation is 2. The molecule has 2 aromatic heterocycles. The van der Waals surface area contributed by atoms with Crippen molar-refractivity contribution in [1.82, 2.24) is 10.1 Å². The number of carbonyl (C=O) groups excluding carboxylic acids is 1. The van der Waals surface area contributed by atoms with E-state index >= 15 is 0 Å². The lowest BCUT2D eigenvalue weighted by Crippen LogP contribution is -2.15. The molecule has 3 rings (SSSR count). The van der Waals surface area contributed by atoms with Crippen LogP contribution in [0.1, 0.15) is 34.3 Å². The van der Waals surface area contributed by atoms with Crippen LogP contribution in [0.3, 0.4) is 0 Å². The molecule has 2 N–H and O–H groups in total. The van der Waals surface area contributed by atoms with Crippen LogP contribution in [0.5, 0.6) is 0 Å². The number of sulfonamides is 1. The first-order valence-corrected chi connectivity index (χ1v) is 11.8. The summed E-state index contributed by atoms with van der Waals surface area (Å²) >= 11 is 1.43. The summed E-state index contributed by atoms with van der Waals surface area (Å²) in [5, 5.41) is 7.36. The zero-order valence-corrected chi connectivity index (χ0v) is 18.4. The van der Waals surface area contributed by atoms with E-state index in [0.29, 0.717) is 27.7 Å². The molecular weight excluding hydrogens is 424 g/mol. The molecule has 1 amide bonds. The molecule has 0 saturated heterocycles. The van der Waals surface area contributed by atoms with Gasteiger partial charge in [0.25, 0.3) is 5.91 Å². The van der Waals surface area contributed by atoms with Crippen LogP contribution in [0, 0.1) is 13.8 Å². The van der Waals surface area contributed by atoms with Crippen LogP contribution in [0.4, 0.5) is 11.4 Å². The van der Waals surface area contributed by atoms with Gasteiger partial charge in [-0.3, -0.25) is 9.52 Å². The third-order valence-corrected chi connectivity index (χ3v) is 6.68. The summed E-state index contributed by atoms with van der Waals surface area (Å²) in [5.41, 5.74) is 3.24. The van der Waals surface area contributed by atoms with Gasteiger partial charge in [-0.05, 0) is 57.2 Å². The Labute approximate surface area is 179 Å². The molecule has 0 saturated carbocycles. The molecule has 2 heterocycles. The predicted molar refractivity (Wildman–Crippen MR) is 117 cm³/mol. The third kappa shape index (κ3) is 5.39. The van der Waals surface area contributed by atoms with Gasteiger partial charge in [-0.1, -0.05) is 5.16 Å². The first kappa shape index (κ1) is 21.8. The Kier molecular flexibility index (Phi) is 6.78. The zero-order valence-electron chi connectivity index (χ0n) is 16.8. The number of aromatic nitrogens is 2. The standard InChI is InChI=1S/C20H22N4O4S2/c1-4-30(26,27)24-16-9-7-15(8-10-16)22-19(25)17-6-5-11-21-20(17)29-12-18-13(2)23-28-14(18)3/h5-11,24H,4,12H2,1-3H3,(H,22,25). The van der Waals surface area contributed by atoms with E-state index in [9.17, 15) is 13.2 Å². The monoisotopic (exact) mass is 446 g/mol. The van der Waals surface area contributed by atoms with Crippen LogP contribution in [-0.2, 0) is 15.8 Å². The minimum atomic E-state index is -3.35. The molecule has 3 aromatic rings. The van der Waals surface area contributed by atoms with Gasteiger partial charge < -0.3 is 9.84 Å². The van der Waals surface area contributed by atoms with E-state index < -0.39 is 10.0 Å². The van der Waals surface area contributed by atoms with Gasteiger partial charge in [0, 0.05) is 28.9 Å². The van der Waals surface area contributed by atoms with Gasteiger partial charge in [0.15, 0.2) is 0 Å². The molecule has 1 aromatic carbocycles. The molecule has 0 aliphatic carbocycles. The van der Waals surface area contributed by atoms with Crippen molar-refractivity contribution >= 4 is 39.1 Å². The molecule has 0 unspecified atom stereocenters. The van der Waals surface area contributed by atoms with E-state index in [1.165, 1.54) is 11.8 Å². The SMILES string of the molecule is CCS(=O)(=O)Nc1ccc(NC(=O)c2cccnc2SCc2c(C)noc2C)cc1. The number of pyridine rings is 1. The summed E-state index contributed by atoms with van der Waals surface area (Å²) in [6, 6.07) is 9.88. The summed E-state index contributed by atoms with van der Waals surface area (Å²) in [7, 11) is -3.35. The number of anilines is 2. The number of hydrogen-bond acceptors (Lipinski definition) is 7. The van der Waals surface area contributed by atoms with Gasteiger partial charge in [-0.2, -0.15) is 0 Å². The summed E-state index contributed by atoms with van der Waals surface area (Å²) in [6.45, 7) is 5.29. The van der Waals surface area contributed by atoms with Gasteiger partial charge in [-0.15, -0.1) is 11.8 Å². The molecule has 0 bridgehead atoms. The maximum absolute atomic E-state index is 12.8. The average Bonchev–Trinajstić information content (AvgIpc) is 3.05. The zero-order chi connectivity index (χ0) is 21.7. The number of rotatable bonds is 8. The summed E-state index contributed by atoms with van der Waals surface area (Å²) < 4.78 is 30.9. The van der Waals surface area contributed by atoms with E-state index in [-0.39, 0.29) is 11.7 Å². The second-order valence-corrected chi connectivity index (χ2v) is 9.46. The van der Waals surface area contributed by atoms with E-state index in [0.717, 1.165) is 17.0 Å². The number of carbonyl (C=O) groups is 1. The smallest absolute Gasteiger partial charge is 0.258 e.